The first-order chi connectivity index (χ1) is 11.4. The van der Waals surface area contributed by atoms with E-state index >= 15 is 0 Å². The first-order valence-electron chi connectivity index (χ1n) is 7.54. The Morgan fingerprint density at radius 2 is 1.48 bits per heavy atom. The highest BCUT2D eigenvalue weighted by Crippen LogP contribution is 2.04. The van der Waals surface area contributed by atoms with Crippen molar-refractivity contribution < 1.29 is 39.2 Å². The molecule has 0 aromatic carbocycles. The van der Waals surface area contributed by atoms with Crippen LogP contribution in [0.15, 0.2) is 0 Å². The fourth-order valence-electron chi connectivity index (χ4n) is 1.24. The summed E-state index contributed by atoms with van der Waals surface area (Å²) in [5.41, 5.74) is 15.6. The molecule has 4 unspecified atom stereocenters. The first-order valence-corrected chi connectivity index (χ1v) is 7.54. The average Bonchev–Trinajstić information content (AvgIpc) is 2.55. The van der Waals surface area contributed by atoms with Crippen molar-refractivity contribution in [2.75, 3.05) is 6.61 Å². The van der Waals surface area contributed by atoms with Crippen molar-refractivity contribution >= 4 is 23.9 Å². The molecule has 4 atom stereocenters. The van der Waals surface area contributed by atoms with Crippen LogP contribution in [0, 0.1) is 5.92 Å². The molecule has 146 valence electrons. The molecular weight excluding hydrogens is 338 g/mol. The molecule has 0 radical (unpaired) electrons. The van der Waals surface area contributed by atoms with Gasteiger partial charge in [0, 0.05) is 6.42 Å². The monoisotopic (exact) mass is 365 g/mol. The second kappa shape index (κ2) is 13.1. The Morgan fingerprint density at radius 3 is 1.80 bits per heavy atom. The van der Waals surface area contributed by atoms with Crippen LogP contribution in [0.2, 0.25) is 0 Å². The molecule has 0 heterocycles. The summed E-state index contributed by atoms with van der Waals surface area (Å²) in [6.07, 6.45) is 0.477. The van der Waals surface area contributed by atoms with Crippen molar-refractivity contribution in [3.63, 3.8) is 0 Å². The number of hydrogen-bond donors (Lipinski definition) is 6. The fraction of sp³-hybridized carbons (Fsp3) is 0.714. The van der Waals surface area contributed by atoms with Crippen molar-refractivity contribution in [1.29, 1.82) is 0 Å². The maximum atomic E-state index is 11.1. The summed E-state index contributed by atoms with van der Waals surface area (Å²) < 4.78 is 4.50. The molecule has 0 rings (SSSR count). The van der Waals surface area contributed by atoms with Crippen molar-refractivity contribution in [2.45, 2.75) is 51.2 Å². The quantitative estimate of drug-likeness (QED) is 0.247. The minimum atomic E-state index is -1.31. The van der Waals surface area contributed by atoms with Crippen LogP contribution < -0.4 is 17.2 Å². The van der Waals surface area contributed by atoms with E-state index in [4.69, 9.17) is 32.5 Å². The number of esters is 1. The lowest BCUT2D eigenvalue weighted by molar-refractivity contribution is -0.149. The Balaban J connectivity index is 0. The number of carboxylic acids is 3. The summed E-state index contributed by atoms with van der Waals surface area (Å²) >= 11 is 0. The molecule has 25 heavy (non-hydrogen) atoms. The molecule has 0 aromatic rings. The zero-order valence-corrected chi connectivity index (χ0v) is 14.3. The van der Waals surface area contributed by atoms with E-state index in [1.165, 1.54) is 0 Å². The molecule has 0 saturated carbocycles. The minimum absolute atomic E-state index is 0.0718. The zero-order valence-electron chi connectivity index (χ0n) is 14.3. The van der Waals surface area contributed by atoms with Crippen molar-refractivity contribution in [1.82, 2.24) is 0 Å². The summed E-state index contributed by atoms with van der Waals surface area (Å²) in [6.45, 7) is 3.27. The highest BCUT2D eigenvalue weighted by atomic mass is 16.5. The number of carboxylic acid groups (broad SMARTS) is 3. The number of rotatable bonds is 10. The molecule has 0 fully saturated rings. The summed E-state index contributed by atoms with van der Waals surface area (Å²) in [4.78, 5) is 41.7. The summed E-state index contributed by atoms with van der Waals surface area (Å²) in [7, 11) is 0. The van der Waals surface area contributed by atoms with Gasteiger partial charge in [-0.2, -0.15) is 0 Å². The number of ether oxygens (including phenoxy) is 1. The largest absolute Gasteiger partial charge is 0.481 e. The predicted octanol–water partition coefficient (Wildman–Crippen LogP) is -1.42. The zero-order chi connectivity index (χ0) is 20.2. The highest BCUT2D eigenvalue weighted by molar-refractivity contribution is 5.78. The van der Waals surface area contributed by atoms with E-state index < -0.39 is 48.6 Å². The van der Waals surface area contributed by atoms with Gasteiger partial charge in [-0.25, -0.2) is 0 Å². The van der Waals surface area contributed by atoms with Crippen molar-refractivity contribution in [3.05, 3.63) is 0 Å². The lowest BCUT2D eigenvalue weighted by atomic mass is 10.0. The molecule has 0 aromatic heterocycles. The smallest absolute Gasteiger partial charge is 0.324 e. The molecule has 11 heteroatoms. The Bertz CT molecular complexity index is 457. The number of aliphatic carboxylic acids is 3. The van der Waals surface area contributed by atoms with Gasteiger partial charge < -0.3 is 37.3 Å². The lowest BCUT2D eigenvalue weighted by Crippen LogP contribution is -2.39. The maximum Gasteiger partial charge on any atom is 0.324 e. The molecule has 0 aliphatic rings. The lowest BCUT2D eigenvalue weighted by Gasteiger charge is -2.12. The Hall–Kier alpha value is -2.24. The fourth-order valence-corrected chi connectivity index (χ4v) is 1.24. The number of hydrogen-bond acceptors (Lipinski definition) is 8. The van der Waals surface area contributed by atoms with E-state index in [1.54, 1.807) is 0 Å². The van der Waals surface area contributed by atoms with Crippen LogP contribution in [0.5, 0.6) is 0 Å². The topological polar surface area (TPSA) is 216 Å². The van der Waals surface area contributed by atoms with Gasteiger partial charge >= 0.3 is 23.9 Å². The molecule has 0 aliphatic carbocycles. The van der Waals surface area contributed by atoms with Crippen molar-refractivity contribution in [3.8, 4) is 0 Å². The van der Waals surface area contributed by atoms with Crippen LogP contribution in [0.4, 0.5) is 0 Å². The van der Waals surface area contributed by atoms with E-state index in [9.17, 15) is 19.2 Å². The van der Waals surface area contributed by atoms with Crippen LogP contribution in [0.3, 0.4) is 0 Å². The number of carbonyl (C=O) groups excluding carboxylic acids is 1. The van der Waals surface area contributed by atoms with Gasteiger partial charge in [0.2, 0.25) is 0 Å². The predicted molar refractivity (Wildman–Crippen MR) is 86.5 cm³/mol. The summed E-state index contributed by atoms with van der Waals surface area (Å²) in [5.74, 6) is -4.08. The van der Waals surface area contributed by atoms with E-state index in [0.717, 1.165) is 6.42 Å². The molecule has 0 spiro atoms. The van der Waals surface area contributed by atoms with Crippen LogP contribution in [-0.4, -0.2) is 63.9 Å². The van der Waals surface area contributed by atoms with Gasteiger partial charge in [0.1, 0.15) is 24.7 Å². The van der Waals surface area contributed by atoms with E-state index in [-0.39, 0.29) is 18.8 Å². The molecular formula is C14H27N3O8. The number of nitrogens with two attached hydrogens (primary N) is 3. The van der Waals surface area contributed by atoms with Gasteiger partial charge in [-0.05, 0) is 12.3 Å². The molecule has 11 nitrogen and oxygen atoms in total. The second-order valence-electron chi connectivity index (χ2n) is 5.36. The van der Waals surface area contributed by atoms with Gasteiger partial charge in [0.05, 0.1) is 0 Å². The molecule has 0 amide bonds. The third-order valence-corrected chi connectivity index (χ3v) is 3.24. The standard InChI is InChI=1S/C8H14N2O6.C6H13NO2/c9-4(1-2-6(11)12)8(15)16-3-5(10)7(13)14;1-3-4(2)5(7)6(8)9/h4-5H,1-3,9-10H2,(H,11,12)(H,13,14);4-5H,3,7H2,1-2H3,(H,8,9). The van der Waals surface area contributed by atoms with Gasteiger partial charge in [-0.3, -0.25) is 19.2 Å². The SMILES string of the molecule is CCC(C)C(N)C(=O)O.NC(COC(=O)C(N)CCC(=O)O)C(=O)O. The molecule has 0 bridgehead atoms. The molecule has 0 aliphatic heterocycles. The first kappa shape index (κ1) is 25.0. The normalized spacial score (nSPS) is 14.9. The second-order valence-corrected chi connectivity index (χ2v) is 5.36. The average molecular weight is 365 g/mol. The van der Waals surface area contributed by atoms with E-state index in [0.29, 0.717) is 0 Å². The van der Waals surface area contributed by atoms with Gasteiger partial charge in [-0.15, -0.1) is 0 Å². The van der Waals surface area contributed by atoms with Gasteiger partial charge in [0.15, 0.2) is 0 Å². The number of carbonyl (C=O) groups is 4. The van der Waals surface area contributed by atoms with Crippen LogP contribution >= 0.6 is 0 Å². The molecule has 0 saturated heterocycles. The van der Waals surface area contributed by atoms with Crippen LogP contribution in [-0.2, 0) is 23.9 Å². The van der Waals surface area contributed by atoms with Crippen LogP contribution in [0.25, 0.3) is 0 Å². The van der Waals surface area contributed by atoms with Gasteiger partial charge in [-0.1, -0.05) is 20.3 Å². The van der Waals surface area contributed by atoms with E-state index in [1.807, 2.05) is 13.8 Å². The maximum absolute atomic E-state index is 11.1. The van der Waals surface area contributed by atoms with Gasteiger partial charge in [0.25, 0.3) is 0 Å². The Labute approximate surface area is 145 Å². The van der Waals surface area contributed by atoms with E-state index in [2.05, 4.69) is 4.74 Å². The third-order valence-electron chi connectivity index (χ3n) is 3.24. The molecule has 9 N–H and O–H groups in total. The summed E-state index contributed by atoms with van der Waals surface area (Å²) in [5, 5.41) is 25.1. The Morgan fingerprint density at radius 1 is 0.960 bits per heavy atom. The minimum Gasteiger partial charge on any atom is -0.481 e. The van der Waals surface area contributed by atoms with Crippen LogP contribution in [0.1, 0.15) is 33.1 Å². The third kappa shape index (κ3) is 12.8. The van der Waals surface area contributed by atoms with Crippen molar-refractivity contribution in [2.24, 2.45) is 23.1 Å². The Kier molecular flexibility index (Phi) is 13.1. The summed E-state index contributed by atoms with van der Waals surface area (Å²) in [6, 6.07) is -3.09. The highest BCUT2D eigenvalue weighted by Gasteiger charge is 2.19.